The maximum absolute atomic E-state index is 13.8. The van der Waals surface area contributed by atoms with Crippen molar-refractivity contribution in [2.75, 3.05) is 11.4 Å². The molecule has 0 unspecified atom stereocenters. The van der Waals surface area contributed by atoms with Crippen LogP contribution in [0.2, 0.25) is 0 Å². The summed E-state index contributed by atoms with van der Waals surface area (Å²) in [7, 11) is 0. The molecular weight excluding hydrogens is 260 g/mol. The van der Waals surface area contributed by atoms with E-state index in [1.807, 2.05) is 0 Å². The number of benzene rings is 1. The zero-order valence-corrected chi connectivity index (χ0v) is 10.5. The van der Waals surface area contributed by atoms with E-state index in [1.165, 1.54) is 23.1 Å². The van der Waals surface area contributed by atoms with Crippen LogP contribution in [0, 0.1) is 5.82 Å². The van der Waals surface area contributed by atoms with Gasteiger partial charge in [0.1, 0.15) is 12.4 Å². The highest BCUT2D eigenvalue weighted by atomic mass is 19.4. The Bertz CT molecular complexity index is 452. The third-order valence-electron chi connectivity index (χ3n) is 3.13. The number of nitrogens with zero attached hydrogens (tertiary/aromatic N) is 1. The number of rotatable bonds is 4. The number of anilines is 1. The van der Waals surface area contributed by atoms with E-state index in [9.17, 15) is 17.6 Å². The number of halogens is 4. The Kier molecular flexibility index (Phi) is 3.71. The standard InChI is InChI=1S/C13H16F4N2/c1-8(18)12-10(14)3-2-4-11(12)19(9-5-6-9)7-13(15,16)17/h2-4,8-9H,5-7,18H2,1H3/t8-/m1/s1. The molecule has 106 valence electrons. The van der Waals surface area contributed by atoms with E-state index >= 15 is 0 Å². The van der Waals surface area contributed by atoms with E-state index in [0.717, 1.165) is 0 Å². The quantitative estimate of drug-likeness (QED) is 0.854. The van der Waals surface area contributed by atoms with Gasteiger partial charge < -0.3 is 10.6 Å². The molecule has 2 N–H and O–H groups in total. The van der Waals surface area contributed by atoms with Crippen LogP contribution in [0.4, 0.5) is 23.2 Å². The minimum absolute atomic E-state index is 0.152. The van der Waals surface area contributed by atoms with Gasteiger partial charge in [-0.3, -0.25) is 0 Å². The average Bonchev–Trinajstić information content (AvgIpc) is 3.07. The molecule has 6 heteroatoms. The second-order valence-electron chi connectivity index (χ2n) is 4.94. The van der Waals surface area contributed by atoms with E-state index in [1.54, 1.807) is 6.92 Å². The summed E-state index contributed by atoms with van der Waals surface area (Å²) < 4.78 is 51.7. The molecule has 1 aromatic rings. The summed E-state index contributed by atoms with van der Waals surface area (Å²) in [6, 6.07) is 3.33. The Balaban J connectivity index is 2.39. The molecule has 0 amide bonds. The molecule has 1 fully saturated rings. The minimum Gasteiger partial charge on any atom is -0.359 e. The van der Waals surface area contributed by atoms with Crippen molar-refractivity contribution in [3.63, 3.8) is 0 Å². The number of hydrogen-bond donors (Lipinski definition) is 1. The average molecular weight is 276 g/mol. The summed E-state index contributed by atoms with van der Waals surface area (Å²) >= 11 is 0. The van der Waals surface area contributed by atoms with E-state index in [0.29, 0.717) is 12.8 Å². The molecule has 0 spiro atoms. The molecule has 1 aliphatic rings. The van der Waals surface area contributed by atoms with E-state index in [4.69, 9.17) is 5.73 Å². The van der Waals surface area contributed by atoms with Gasteiger partial charge in [0.2, 0.25) is 0 Å². The molecule has 1 aliphatic carbocycles. The third-order valence-corrected chi connectivity index (χ3v) is 3.13. The van der Waals surface area contributed by atoms with Crippen molar-refractivity contribution in [2.45, 2.75) is 38.0 Å². The van der Waals surface area contributed by atoms with Crippen molar-refractivity contribution >= 4 is 5.69 Å². The molecule has 1 aromatic carbocycles. The summed E-state index contributed by atoms with van der Waals surface area (Å²) in [5.41, 5.74) is 6.10. The lowest BCUT2D eigenvalue weighted by molar-refractivity contribution is -0.120. The van der Waals surface area contributed by atoms with Gasteiger partial charge in [-0.2, -0.15) is 13.2 Å². The molecule has 0 heterocycles. The van der Waals surface area contributed by atoms with Crippen LogP contribution in [0.25, 0.3) is 0 Å². The molecule has 0 radical (unpaired) electrons. The van der Waals surface area contributed by atoms with Crippen LogP contribution in [0.3, 0.4) is 0 Å². The van der Waals surface area contributed by atoms with Gasteiger partial charge in [0.15, 0.2) is 0 Å². The zero-order valence-electron chi connectivity index (χ0n) is 10.5. The van der Waals surface area contributed by atoms with E-state index < -0.39 is 24.6 Å². The molecule has 0 aromatic heterocycles. The second-order valence-corrected chi connectivity index (χ2v) is 4.94. The SMILES string of the molecule is C[C@@H](N)c1c(F)cccc1N(CC(F)(F)F)C1CC1. The highest BCUT2D eigenvalue weighted by Gasteiger charge is 2.39. The van der Waals surface area contributed by atoms with Crippen molar-refractivity contribution in [1.29, 1.82) is 0 Å². The maximum atomic E-state index is 13.8. The Morgan fingerprint density at radius 2 is 2.00 bits per heavy atom. The topological polar surface area (TPSA) is 29.3 Å². The van der Waals surface area contributed by atoms with Gasteiger partial charge in [0.05, 0.1) is 0 Å². The molecule has 0 bridgehead atoms. The predicted octanol–water partition coefficient (Wildman–Crippen LogP) is 3.38. The predicted molar refractivity (Wildman–Crippen MR) is 65.4 cm³/mol. The molecule has 1 saturated carbocycles. The van der Waals surface area contributed by atoms with Crippen LogP contribution in [0.15, 0.2) is 18.2 Å². The second kappa shape index (κ2) is 5.00. The maximum Gasteiger partial charge on any atom is 0.405 e. The Labute approximate surface area is 109 Å². The number of nitrogens with two attached hydrogens (primary N) is 1. The van der Waals surface area contributed by atoms with Crippen LogP contribution in [0.1, 0.15) is 31.4 Å². The molecular formula is C13H16F4N2. The van der Waals surface area contributed by atoms with Gasteiger partial charge in [-0.15, -0.1) is 0 Å². The monoisotopic (exact) mass is 276 g/mol. The number of alkyl halides is 3. The highest BCUT2D eigenvalue weighted by Crippen LogP contribution is 2.38. The minimum atomic E-state index is -4.32. The van der Waals surface area contributed by atoms with Gasteiger partial charge in [-0.1, -0.05) is 6.07 Å². The smallest absolute Gasteiger partial charge is 0.359 e. The van der Waals surface area contributed by atoms with Crippen molar-refractivity contribution < 1.29 is 17.6 Å². The number of hydrogen-bond acceptors (Lipinski definition) is 2. The van der Waals surface area contributed by atoms with Gasteiger partial charge >= 0.3 is 6.18 Å². The molecule has 0 aliphatic heterocycles. The van der Waals surface area contributed by atoms with Crippen molar-refractivity contribution in [1.82, 2.24) is 0 Å². The molecule has 19 heavy (non-hydrogen) atoms. The van der Waals surface area contributed by atoms with Crippen LogP contribution >= 0.6 is 0 Å². The summed E-state index contributed by atoms with van der Waals surface area (Å²) in [5.74, 6) is -0.555. The molecule has 2 rings (SSSR count). The van der Waals surface area contributed by atoms with Crippen molar-refractivity contribution in [3.8, 4) is 0 Å². The fourth-order valence-electron chi connectivity index (χ4n) is 2.22. The summed E-state index contributed by atoms with van der Waals surface area (Å²) in [6.07, 6.45) is -2.92. The first-order valence-corrected chi connectivity index (χ1v) is 6.17. The van der Waals surface area contributed by atoms with Crippen LogP contribution in [-0.4, -0.2) is 18.8 Å². The van der Waals surface area contributed by atoms with Crippen LogP contribution in [-0.2, 0) is 0 Å². The first-order chi connectivity index (χ1) is 8.79. The van der Waals surface area contributed by atoms with Crippen molar-refractivity contribution in [2.24, 2.45) is 5.73 Å². The van der Waals surface area contributed by atoms with Gasteiger partial charge in [0.25, 0.3) is 0 Å². The summed E-state index contributed by atoms with van der Waals surface area (Å²) in [6.45, 7) is 0.501. The zero-order chi connectivity index (χ0) is 14.2. The summed E-state index contributed by atoms with van der Waals surface area (Å²) in [5, 5.41) is 0. The van der Waals surface area contributed by atoms with Gasteiger partial charge in [0, 0.05) is 23.3 Å². The Morgan fingerprint density at radius 3 is 2.47 bits per heavy atom. The highest BCUT2D eigenvalue weighted by molar-refractivity contribution is 5.57. The van der Waals surface area contributed by atoms with Crippen molar-refractivity contribution in [3.05, 3.63) is 29.6 Å². The van der Waals surface area contributed by atoms with Crippen LogP contribution in [0.5, 0.6) is 0 Å². The first kappa shape index (κ1) is 14.1. The largest absolute Gasteiger partial charge is 0.405 e. The van der Waals surface area contributed by atoms with E-state index in [-0.39, 0.29) is 17.3 Å². The van der Waals surface area contributed by atoms with Gasteiger partial charge in [-0.05, 0) is 31.9 Å². The Morgan fingerprint density at radius 1 is 1.37 bits per heavy atom. The lowest BCUT2D eigenvalue weighted by atomic mass is 10.0. The lowest BCUT2D eigenvalue weighted by Crippen LogP contribution is -2.37. The van der Waals surface area contributed by atoms with Crippen LogP contribution < -0.4 is 10.6 Å². The summed E-state index contributed by atoms with van der Waals surface area (Å²) in [4.78, 5) is 1.22. The molecule has 1 atom stereocenters. The molecule has 2 nitrogen and oxygen atoms in total. The first-order valence-electron chi connectivity index (χ1n) is 6.17. The fraction of sp³-hybridized carbons (Fsp3) is 0.538. The Hall–Kier alpha value is -1.30. The lowest BCUT2D eigenvalue weighted by Gasteiger charge is -2.29. The van der Waals surface area contributed by atoms with E-state index in [2.05, 4.69) is 0 Å². The molecule has 0 saturated heterocycles. The fourth-order valence-corrected chi connectivity index (χ4v) is 2.22. The third kappa shape index (κ3) is 3.37. The van der Waals surface area contributed by atoms with Gasteiger partial charge in [-0.25, -0.2) is 4.39 Å². The normalized spacial score (nSPS) is 17.4.